The molecule has 0 atom stereocenters. The highest BCUT2D eigenvalue weighted by Crippen LogP contribution is 2.29. The molecule has 2 aromatic rings. The first-order chi connectivity index (χ1) is 9.53. The molecular weight excluding hydrogens is 283 g/mol. The molecule has 0 aliphatic carbocycles. The molecule has 106 valence electrons. The van der Waals surface area contributed by atoms with Gasteiger partial charge < -0.3 is 8.92 Å². The number of ether oxygens (including phenoxy) is 1. The van der Waals surface area contributed by atoms with Gasteiger partial charge in [0, 0.05) is 0 Å². The number of benzene rings is 2. The van der Waals surface area contributed by atoms with E-state index in [4.69, 9.17) is 8.92 Å². The van der Waals surface area contributed by atoms with Crippen molar-refractivity contribution in [3.8, 4) is 11.5 Å². The highest BCUT2D eigenvalue weighted by atomic mass is 32.2. The van der Waals surface area contributed by atoms with Gasteiger partial charge in [0.2, 0.25) is 0 Å². The van der Waals surface area contributed by atoms with Crippen molar-refractivity contribution < 1.29 is 21.7 Å². The van der Waals surface area contributed by atoms with Crippen LogP contribution in [0.3, 0.4) is 0 Å². The largest absolute Gasteiger partial charge is 0.490 e. The fourth-order valence-corrected chi connectivity index (χ4v) is 2.56. The second-order valence-corrected chi connectivity index (χ2v) is 5.42. The third kappa shape index (κ3) is 3.27. The van der Waals surface area contributed by atoms with Gasteiger partial charge >= 0.3 is 10.1 Å². The van der Waals surface area contributed by atoms with Crippen LogP contribution in [0.2, 0.25) is 0 Å². The standard InChI is InChI=1S/C14H13FO4S/c1-2-18-13-8-3-4-9-14(13)19-20(16,17)12-7-5-6-11(15)10-12/h3-10H,2H2,1H3. The van der Waals surface area contributed by atoms with Crippen molar-refractivity contribution in [2.24, 2.45) is 0 Å². The summed E-state index contributed by atoms with van der Waals surface area (Å²) in [5.41, 5.74) is 0. The first-order valence-electron chi connectivity index (χ1n) is 5.95. The van der Waals surface area contributed by atoms with E-state index in [0.717, 1.165) is 12.1 Å². The molecule has 0 aliphatic heterocycles. The van der Waals surface area contributed by atoms with Crippen LogP contribution in [0.1, 0.15) is 6.92 Å². The molecule has 0 amide bonds. The fraction of sp³-hybridized carbons (Fsp3) is 0.143. The van der Waals surface area contributed by atoms with Gasteiger partial charge in [-0.3, -0.25) is 0 Å². The monoisotopic (exact) mass is 296 g/mol. The quantitative estimate of drug-likeness (QED) is 0.796. The van der Waals surface area contributed by atoms with Gasteiger partial charge in [-0.25, -0.2) is 4.39 Å². The van der Waals surface area contributed by atoms with Crippen molar-refractivity contribution in [3.63, 3.8) is 0 Å². The van der Waals surface area contributed by atoms with Crippen LogP contribution < -0.4 is 8.92 Å². The van der Waals surface area contributed by atoms with Crippen LogP contribution in [0.25, 0.3) is 0 Å². The molecule has 0 radical (unpaired) electrons. The Bertz CT molecular complexity index is 698. The smallest absolute Gasteiger partial charge is 0.339 e. The Kier molecular flexibility index (Phi) is 4.24. The van der Waals surface area contributed by atoms with Crippen molar-refractivity contribution in [3.05, 3.63) is 54.3 Å². The number of hydrogen-bond donors (Lipinski definition) is 0. The molecule has 0 heterocycles. The van der Waals surface area contributed by atoms with Crippen molar-refractivity contribution in [1.82, 2.24) is 0 Å². The summed E-state index contributed by atoms with van der Waals surface area (Å²) in [6.45, 7) is 2.15. The minimum absolute atomic E-state index is 0.0682. The zero-order valence-corrected chi connectivity index (χ0v) is 11.6. The molecule has 0 saturated carbocycles. The predicted octanol–water partition coefficient (Wildman–Crippen LogP) is 2.99. The van der Waals surface area contributed by atoms with Crippen LogP contribution in [0, 0.1) is 5.82 Å². The van der Waals surface area contributed by atoms with E-state index in [1.807, 2.05) is 0 Å². The molecule has 2 rings (SSSR count). The average molecular weight is 296 g/mol. The van der Waals surface area contributed by atoms with Crippen molar-refractivity contribution in [2.75, 3.05) is 6.61 Å². The normalized spacial score (nSPS) is 11.1. The van der Waals surface area contributed by atoms with Gasteiger partial charge in [-0.05, 0) is 37.3 Å². The van der Waals surface area contributed by atoms with Crippen LogP contribution in [0.4, 0.5) is 4.39 Å². The van der Waals surface area contributed by atoms with E-state index in [1.165, 1.54) is 18.2 Å². The maximum absolute atomic E-state index is 13.1. The molecule has 0 bridgehead atoms. The first kappa shape index (κ1) is 14.3. The molecule has 6 heteroatoms. The van der Waals surface area contributed by atoms with Crippen LogP contribution in [-0.2, 0) is 10.1 Å². The Morgan fingerprint density at radius 2 is 1.75 bits per heavy atom. The van der Waals surface area contributed by atoms with E-state index in [-0.39, 0.29) is 10.6 Å². The van der Waals surface area contributed by atoms with E-state index in [2.05, 4.69) is 0 Å². The van der Waals surface area contributed by atoms with Crippen molar-refractivity contribution >= 4 is 10.1 Å². The summed E-state index contributed by atoms with van der Waals surface area (Å²) >= 11 is 0. The summed E-state index contributed by atoms with van der Waals surface area (Å²) < 4.78 is 47.5. The van der Waals surface area contributed by atoms with Gasteiger partial charge in [0.1, 0.15) is 10.7 Å². The molecule has 0 aliphatic rings. The van der Waals surface area contributed by atoms with Gasteiger partial charge in [0.15, 0.2) is 11.5 Å². The second-order valence-electron chi connectivity index (χ2n) is 3.87. The Morgan fingerprint density at radius 3 is 2.40 bits per heavy atom. The lowest BCUT2D eigenvalue weighted by molar-refractivity contribution is 0.327. The summed E-state index contributed by atoms with van der Waals surface area (Å²) in [4.78, 5) is -0.246. The lowest BCUT2D eigenvalue weighted by Gasteiger charge is -2.11. The Morgan fingerprint density at radius 1 is 1.05 bits per heavy atom. The molecule has 0 spiro atoms. The van der Waals surface area contributed by atoms with E-state index >= 15 is 0 Å². The molecule has 2 aromatic carbocycles. The summed E-state index contributed by atoms with van der Waals surface area (Å²) in [6.07, 6.45) is 0. The molecule has 0 saturated heterocycles. The van der Waals surface area contributed by atoms with Crippen LogP contribution in [-0.4, -0.2) is 15.0 Å². The van der Waals surface area contributed by atoms with E-state index < -0.39 is 15.9 Å². The summed E-state index contributed by atoms with van der Waals surface area (Å²) in [5.74, 6) is -0.263. The van der Waals surface area contributed by atoms with Crippen molar-refractivity contribution in [2.45, 2.75) is 11.8 Å². The molecular formula is C14H13FO4S. The predicted molar refractivity (Wildman–Crippen MR) is 71.8 cm³/mol. The van der Waals surface area contributed by atoms with Gasteiger partial charge in [-0.1, -0.05) is 18.2 Å². The van der Waals surface area contributed by atoms with Crippen LogP contribution >= 0.6 is 0 Å². The highest BCUT2D eigenvalue weighted by molar-refractivity contribution is 7.87. The molecule has 4 nitrogen and oxygen atoms in total. The van der Waals surface area contributed by atoms with Gasteiger partial charge in [0.25, 0.3) is 0 Å². The van der Waals surface area contributed by atoms with E-state index in [0.29, 0.717) is 12.4 Å². The minimum Gasteiger partial charge on any atom is -0.490 e. The second kappa shape index (κ2) is 5.92. The maximum atomic E-state index is 13.1. The van der Waals surface area contributed by atoms with Crippen molar-refractivity contribution in [1.29, 1.82) is 0 Å². The molecule has 0 N–H and O–H groups in total. The summed E-state index contributed by atoms with van der Waals surface area (Å²) in [5, 5.41) is 0. The summed E-state index contributed by atoms with van der Waals surface area (Å²) in [6, 6.07) is 11.0. The minimum atomic E-state index is -4.10. The Labute approximate surface area is 116 Å². The third-order valence-corrected chi connectivity index (χ3v) is 3.66. The molecule has 20 heavy (non-hydrogen) atoms. The van der Waals surface area contributed by atoms with Crippen LogP contribution in [0.15, 0.2) is 53.4 Å². The topological polar surface area (TPSA) is 52.6 Å². The Hall–Kier alpha value is -2.08. The van der Waals surface area contributed by atoms with Gasteiger partial charge in [-0.15, -0.1) is 0 Å². The van der Waals surface area contributed by atoms with Gasteiger partial charge in [-0.2, -0.15) is 8.42 Å². The Balaban J connectivity index is 2.34. The molecule has 0 aromatic heterocycles. The number of para-hydroxylation sites is 2. The number of halogens is 1. The lowest BCUT2D eigenvalue weighted by atomic mass is 10.3. The first-order valence-corrected chi connectivity index (χ1v) is 7.35. The zero-order valence-electron chi connectivity index (χ0n) is 10.7. The van der Waals surface area contributed by atoms with E-state index in [1.54, 1.807) is 25.1 Å². The van der Waals surface area contributed by atoms with Crippen LogP contribution in [0.5, 0.6) is 11.5 Å². The fourth-order valence-electron chi connectivity index (χ4n) is 1.58. The maximum Gasteiger partial charge on any atom is 0.339 e. The van der Waals surface area contributed by atoms with E-state index in [9.17, 15) is 12.8 Å². The van der Waals surface area contributed by atoms with Gasteiger partial charge in [0.05, 0.1) is 6.61 Å². The number of hydrogen-bond acceptors (Lipinski definition) is 4. The lowest BCUT2D eigenvalue weighted by Crippen LogP contribution is -2.11. The SMILES string of the molecule is CCOc1ccccc1OS(=O)(=O)c1cccc(F)c1. The third-order valence-electron chi connectivity index (χ3n) is 2.43. The molecule has 0 unspecified atom stereocenters. The summed E-state index contributed by atoms with van der Waals surface area (Å²) in [7, 11) is -4.10. The zero-order chi connectivity index (χ0) is 14.6. The average Bonchev–Trinajstić information content (AvgIpc) is 2.41. The number of rotatable bonds is 5. The highest BCUT2D eigenvalue weighted by Gasteiger charge is 2.19. The molecule has 0 fully saturated rings.